The highest BCUT2D eigenvalue weighted by Gasteiger charge is 2.08. The smallest absolute Gasteiger partial charge is 0.242 e. The molecule has 2 aromatic carbocycles. The maximum absolute atomic E-state index is 11.0. The van der Waals surface area contributed by atoms with Gasteiger partial charge in [0, 0.05) is 14.2 Å². The van der Waals surface area contributed by atoms with E-state index in [1.807, 2.05) is 72.8 Å². The second kappa shape index (κ2) is 28.4. The summed E-state index contributed by atoms with van der Waals surface area (Å²) in [7, 11) is 2.00. The number of benzene rings is 2. The summed E-state index contributed by atoms with van der Waals surface area (Å²) in [5.41, 5.74) is 0. The summed E-state index contributed by atoms with van der Waals surface area (Å²) in [6.45, 7) is 1.71. The highest BCUT2D eigenvalue weighted by molar-refractivity contribution is 4.99. The van der Waals surface area contributed by atoms with Crippen molar-refractivity contribution in [1.29, 1.82) is 0 Å². The van der Waals surface area contributed by atoms with E-state index in [1.54, 1.807) is 0 Å². The third-order valence-corrected chi connectivity index (χ3v) is 1.33. The molecule has 0 aromatic heterocycles. The molecule has 0 bridgehead atoms. The van der Waals surface area contributed by atoms with Crippen molar-refractivity contribution < 1.29 is 19.0 Å². The normalized spacial score (nSPS) is 7.30. The van der Waals surface area contributed by atoms with Crippen LogP contribution in [0.25, 0.3) is 0 Å². The molecule has 23 heavy (non-hydrogen) atoms. The molecule has 0 amide bonds. The van der Waals surface area contributed by atoms with Gasteiger partial charge in [0.05, 0.1) is 0 Å². The third-order valence-electron chi connectivity index (χ3n) is 1.33. The Kier molecular flexibility index (Phi) is 40.7. The maximum atomic E-state index is 11.0. The molecule has 0 saturated carbocycles. The summed E-state index contributed by atoms with van der Waals surface area (Å²) in [6, 6.07) is 24.0. The van der Waals surface area contributed by atoms with Gasteiger partial charge in [-0.2, -0.15) is 0 Å². The molecule has 0 aliphatic carbocycles. The van der Waals surface area contributed by atoms with Crippen LogP contribution in [-0.4, -0.2) is 30.4 Å². The van der Waals surface area contributed by atoms with Gasteiger partial charge in [0.15, 0.2) is 0 Å². The topological polar surface area (TPSA) is 40.5 Å². The Morgan fingerprint density at radius 2 is 0.522 bits per heavy atom. The molecule has 2 N–H and O–H groups in total. The van der Waals surface area contributed by atoms with Crippen molar-refractivity contribution in [2.75, 3.05) is 14.2 Å². The van der Waals surface area contributed by atoms with Crippen molar-refractivity contribution in [3.63, 3.8) is 0 Å². The molecule has 2 nitrogen and oxygen atoms in total. The minimum absolute atomic E-state index is 0. The zero-order valence-corrected chi connectivity index (χ0v) is 13.1. The molecular formula is C19H34F2O2. The number of rotatable bonds is 0. The van der Waals surface area contributed by atoms with Gasteiger partial charge in [-0.05, 0) is 13.8 Å². The van der Waals surface area contributed by atoms with E-state index in [2.05, 4.69) is 0 Å². The van der Waals surface area contributed by atoms with Crippen molar-refractivity contribution >= 4 is 0 Å². The van der Waals surface area contributed by atoms with E-state index in [1.165, 1.54) is 0 Å². The lowest BCUT2D eigenvalue weighted by molar-refractivity contribution is 0.0437. The third kappa shape index (κ3) is 64.3. The Morgan fingerprint density at radius 1 is 0.478 bits per heavy atom. The second-order valence-electron chi connectivity index (χ2n) is 3.64. The lowest BCUT2D eigenvalue weighted by atomic mass is 10.4. The Morgan fingerprint density at radius 3 is 0.565 bits per heavy atom. The first-order valence-corrected chi connectivity index (χ1v) is 6.27. The van der Waals surface area contributed by atoms with E-state index in [9.17, 15) is 8.78 Å². The number of hydrogen-bond acceptors (Lipinski definition) is 2. The average Bonchev–Trinajstić information content (AvgIpc) is 2.54. The number of alkyl halides is 2. The van der Waals surface area contributed by atoms with E-state index in [0.29, 0.717) is 0 Å². The molecule has 0 aliphatic heterocycles. The summed E-state index contributed by atoms with van der Waals surface area (Å²) < 4.78 is 22.0. The molecule has 0 radical (unpaired) electrons. The lowest BCUT2D eigenvalue weighted by Gasteiger charge is -1.94. The molecule has 0 unspecified atom stereocenters. The standard InChI is InChI=1S/2C6H6.C3H6F2.2CH4O.2CH4/c2*1-2-4-6-5-3-1;1-3(2,4)5;2*1-2;;/h2*1-6H;1-2H3;2*2H,1H3;2*1H4. The molecule has 2 aromatic rings. The van der Waals surface area contributed by atoms with Crippen LogP contribution in [0.1, 0.15) is 28.7 Å². The Balaban J connectivity index is -0.0000000614. The summed E-state index contributed by atoms with van der Waals surface area (Å²) in [5.74, 6) is -2.50. The van der Waals surface area contributed by atoms with E-state index in [0.717, 1.165) is 28.1 Å². The number of aliphatic hydroxyl groups is 2. The quantitative estimate of drug-likeness (QED) is 0.666. The minimum Gasteiger partial charge on any atom is -0.400 e. The largest absolute Gasteiger partial charge is 0.400 e. The molecule has 0 spiro atoms. The van der Waals surface area contributed by atoms with Crippen molar-refractivity contribution in [2.24, 2.45) is 0 Å². The summed E-state index contributed by atoms with van der Waals surface area (Å²) in [4.78, 5) is 0. The van der Waals surface area contributed by atoms with Crippen LogP contribution in [0.2, 0.25) is 0 Å². The van der Waals surface area contributed by atoms with Crippen LogP contribution >= 0.6 is 0 Å². The molecule has 0 aliphatic rings. The Labute approximate surface area is 141 Å². The van der Waals surface area contributed by atoms with Gasteiger partial charge in [0.25, 0.3) is 0 Å². The molecule has 0 fully saturated rings. The van der Waals surface area contributed by atoms with Gasteiger partial charge in [-0.25, -0.2) is 8.78 Å². The van der Waals surface area contributed by atoms with Gasteiger partial charge < -0.3 is 10.2 Å². The Bertz CT molecular complexity index is 258. The zero-order valence-electron chi connectivity index (χ0n) is 13.1. The number of hydrogen-bond donors (Lipinski definition) is 2. The fourth-order valence-electron chi connectivity index (χ4n) is 0.770. The van der Waals surface area contributed by atoms with Crippen LogP contribution in [0.4, 0.5) is 8.78 Å². The molecule has 2 rings (SSSR count). The fourth-order valence-corrected chi connectivity index (χ4v) is 0.770. The molecule has 0 heterocycles. The van der Waals surface area contributed by atoms with E-state index in [4.69, 9.17) is 10.2 Å². The van der Waals surface area contributed by atoms with Gasteiger partial charge in [-0.1, -0.05) is 87.6 Å². The van der Waals surface area contributed by atoms with Crippen LogP contribution in [0.5, 0.6) is 0 Å². The maximum Gasteiger partial charge on any atom is 0.242 e. The first-order chi connectivity index (χ1) is 10.0. The number of aliphatic hydroxyl groups excluding tert-OH is 2. The van der Waals surface area contributed by atoms with Crippen LogP contribution in [-0.2, 0) is 0 Å². The predicted molar refractivity (Wildman–Crippen MR) is 98.9 cm³/mol. The molecular weight excluding hydrogens is 298 g/mol. The van der Waals surface area contributed by atoms with Crippen molar-refractivity contribution in [3.05, 3.63) is 72.8 Å². The molecule has 136 valence electrons. The van der Waals surface area contributed by atoms with Gasteiger partial charge in [0.2, 0.25) is 5.92 Å². The fraction of sp³-hybridized carbons (Fsp3) is 0.368. The van der Waals surface area contributed by atoms with E-state index < -0.39 is 5.92 Å². The first-order valence-electron chi connectivity index (χ1n) is 6.27. The van der Waals surface area contributed by atoms with Crippen molar-refractivity contribution in [1.82, 2.24) is 0 Å². The van der Waals surface area contributed by atoms with Gasteiger partial charge in [0.1, 0.15) is 0 Å². The van der Waals surface area contributed by atoms with Crippen molar-refractivity contribution in [2.45, 2.75) is 34.6 Å². The molecule has 0 atom stereocenters. The van der Waals surface area contributed by atoms with Crippen LogP contribution < -0.4 is 0 Å². The van der Waals surface area contributed by atoms with Gasteiger partial charge in [-0.15, -0.1) is 0 Å². The predicted octanol–water partition coefficient (Wildman–Crippen LogP) is 5.52. The monoisotopic (exact) mass is 332 g/mol. The molecule has 0 saturated heterocycles. The second-order valence-corrected chi connectivity index (χ2v) is 3.64. The summed E-state index contributed by atoms with van der Waals surface area (Å²) >= 11 is 0. The Hall–Kier alpha value is -1.78. The number of halogens is 2. The van der Waals surface area contributed by atoms with Gasteiger partial charge in [-0.3, -0.25) is 0 Å². The highest BCUT2D eigenvalue weighted by atomic mass is 19.3. The van der Waals surface area contributed by atoms with E-state index >= 15 is 0 Å². The van der Waals surface area contributed by atoms with Crippen LogP contribution in [0, 0.1) is 0 Å². The van der Waals surface area contributed by atoms with Crippen molar-refractivity contribution in [3.8, 4) is 0 Å². The zero-order chi connectivity index (χ0) is 17.0. The molecule has 4 heteroatoms. The van der Waals surface area contributed by atoms with E-state index in [-0.39, 0.29) is 14.9 Å². The highest BCUT2D eigenvalue weighted by Crippen LogP contribution is 2.06. The summed E-state index contributed by atoms with van der Waals surface area (Å²) in [5, 5.41) is 14.0. The minimum atomic E-state index is -2.50. The average molecular weight is 332 g/mol. The summed E-state index contributed by atoms with van der Waals surface area (Å²) in [6.07, 6.45) is 0. The van der Waals surface area contributed by atoms with Gasteiger partial charge >= 0.3 is 0 Å². The first kappa shape index (κ1) is 33.0. The van der Waals surface area contributed by atoms with Crippen LogP contribution in [0.15, 0.2) is 72.8 Å². The SMILES string of the molecule is C.C.CC(C)(F)F.CO.CO.c1ccccc1.c1ccccc1. The van der Waals surface area contributed by atoms with Crippen LogP contribution in [0.3, 0.4) is 0 Å². The lowest BCUT2D eigenvalue weighted by Crippen LogP contribution is -1.98.